The van der Waals surface area contributed by atoms with Gasteiger partial charge in [0, 0.05) is 21.6 Å². The third kappa shape index (κ3) is 3.04. The highest BCUT2D eigenvalue weighted by Gasteiger charge is 2.11. The van der Waals surface area contributed by atoms with Gasteiger partial charge in [-0.1, -0.05) is 30.3 Å². The van der Waals surface area contributed by atoms with E-state index < -0.39 is 9.05 Å². The first-order valence-electron chi connectivity index (χ1n) is 4.47. The fraction of sp³-hybridized carbons (Fsp3) is 0.100. The molecular formula is C10H8ClNO2S2. The van der Waals surface area contributed by atoms with E-state index in [1.807, 2.05) is 35.7 Å². The maximum Gasteiger partial charge on any atom is 0.239 e. The van der Waals surface area contributed by atoms with E-state index in [9.17, 15) is 8.42 Å². The van der Waals surface area contributed by atoms with Crippen molar-refractivity contribution in [3.63, 3.8) is 0 Å². The predicted molar refractivity (Wildman–Crippen MR) is 66.0 cm³/mol. The molecule has 0 bridgehead atoms. The molecule has 6 heteroatoms. The van der Waals surface area contributed by atoms with E-state index in [1.54, 1.807) is 0 Å². The smallest absolute Gasteiger partial charge is 0.239 e. The quantitative estimate of drug-likeness (QED) is 0.808. The van der Waals surface area contributed by atoms with Crippen LogP contribution in [0.3, 0.4) is 0 Å². The van der Waals surface area contributed by atoms with E-state index in [2.05, 4.69) is 4.98 Å². The SMILES string of the molecule is O=S(=O)(Cl)Cc1nc(-c2ccccc2)cs1. The molecule has 0 saturated carbocycles. The van der Waals surface area contributed by atoms with Crippen molar-refractivity contribution < 1.29 is 8.42 Å². The van der Waals surface area contributed by atoms with Crippen molar-refractivity contribution in [3.05, 3.63) is 40.7 Å². The number of nitrogens with zero attached hydrogens (tertiary/aromatic N) is 1. The second kappa shape index (κ2) is 4.53. The van der Waals surface area contributed by atoms with Crippen molar-refractivity contribution in [2.24, 2.45) is 0 Å². The van der Waals surface area contributed by atoms with Crippen molar-refractivity contribution in [2.45, 2.75) is 5.75 Å². The molecule has 1 aromatic carbocycles. The second-order valence-electron chi connectivity index (χ2n) is 3.18. The molecule has 0 spiro atoms. The van der Waals surface area contributed by atoms with Gasteiger partial charge in [0.2, 0.25) is 9.05 Å². The van der Waals surface area contributed by atoms with E-state index in [0.29, 0.717) is 5.01 Å². The molecule has 0 atom stereocenters. The molecular weight excluding hydrogens is 266 g/mol. The number of benzene rings is 1. The van der Waals surface area contributed by atoms with Gasteiger partial charge in [-0.05, 0) is 0 Å². The number of hydrogen-bond acceptors (Lipinski definition) is 4. The Kier molecular flexibility index (Phi) is 3.28. The van der Waals surface area contributed by atoms with E-state index >= 15 is 0 Å². The van der Waals surface area contributed by atoms with Gasteiger partial charge in [-0.15, -0.1) is 11.3 Å². The highest BCUT2D eigenvalue weighted by Crippen LogP contribution is 2.23. The number of hydrogen-bond donors (Lipinski definition) is 0. The molecule has 3 nitrogen and oxygen atoms in total. The standard InChI is InChI=1S/C10H8ClNO2S2/c11-16(13,14)7-10-12-9(6-15-10)8-4-2-1-3-5-8/h1-6H,7H2. The number of rotatable bonds is 3. The Bertz CT molecular complexity index is 578. The summed E-state index contributed by atoms with van der Waals surface area (Å²) in [6, 6.07) is 9.58. The largest absolute Gasteiger partial charge is 0.240 e. The molecule has 2 rings (SSSR count). The monoisotopic (exact) mass is 273 g/mol. The van der Waals surface area contributed by atoms with Crippen LogP contribution >= 0.6 is 22.0 Å². The average molecular weight is 274 g/mol. The van der Waals surface area contributed by atoms with Crippen LogP contribution in [-0.4, -0.2) is 13.4 Å². The Hall–Kier alpha value is -0.910. The summed E-state index contributed by atoms with van der Waals surface area (Å²) in [7, 11) is 1.64. The van der Waals surface area contributed by atoms with Crippen molar-refractivity contribution >= 4 is 31.1 Å². The van der Waals surface area contributed by atoms with Gasteiger partial charge in [0.15, 0.2) is 0 Å². The van der Waals surface area contributed by atoms with Crippen molar-refractivity contribution in [1.82, 2.24) is 4.98 Å². The second-order valence-corrected chi connectivity index (χ2v) is 6.90. The fourth-order valence-corrected chi connectivity index (χ4v) is 3.45. The van der Waals surface area contributed by atoms with Gasteiger partial charge in [-0.25, -0.2) is 13.4 Å². The zero-order valence-corrected chi connectivity index (χ0v) is 10.5. The average Bonchev–Trinajstić information content (AvgIpc) is 2.65. The van der Waals surface area contributed by atoms with Crippen LogP contribution in [0.1, 0.15) is 5.01 Å². The van der Waals surface area contributed by atoms with Crippen LogP contribution in [0.4, 0.5) is 0 Å². The normalized spacial score (nSPS) is 11.6. The number of aromatic nitrogens is 1. The Morgan fingerprint density at radius 1 is 1.25 bits per heavy atom. The minimum Gasteiger partial charge on any atom is -0.240 e. The first kappa shape index (κ1) is 11.6. The van der Waals surface area contributed by atoms with Crippen LogP contribution in [-0.2, 0) is 14.8 Å². The minimum atomic E-state index is -3.53. The molecule has 1 heterocycles. The molecule has 2 aromatic rings. The molecule has 0 aliphatic carbocycles. The Labute approximate surface area is 102 Å². The summed E-state index contributed by atoms with van der Waals surface area (Å²) in [5.41, 5.74) is 1.75. The molecule has 0 saturated heterocycles. The molecule has 16 heavy (non-hydrogen) atoms. The zero-order chi connectivity index (χ0) is 11.6. The molecule has 1 aromatic heterocycles. The van der Waals surface area contributed by atoms with Gasteiger partial charge < -0.3 is 0 Å². The van der Waals surface area contributed by atoms with Crippen molar-refractivity contribution in [1.29, 1.82) is 0 Å². The zero-order valence-electron chi connectivity index (χ0n) is 8.13. The van der Waals surface area contributed by atoms with Gasteiger partial charge in [-0.3, -0.25) is 0 Å². The van der Waals surface area contributed by atoms with Crippen LogP contribution in [0, 0.1) is 0 Å². The Morgan fingerprint density at radius 2 is 1.94 bits per heavy atom. The summed E-state index contributed by atoms with van der Waals surface area (Å²) in [5, 5.41) is 2.33. The molecule has 0 N–H and O–H groups in total. The summed E-state index contributed by atoms with van der Waals surface area (Å²) in [5.74, 6) is -0.216. The summed E-state index contributed by atoms with van der Waals surface area (Å²) in [6.45, 7) is 0. The highest BCUT2D eigenvalue weighted by molar-refractivity contribution is 8.13. The van der Waals surface area contributed by atoms with E-state index in [-0.39, 0.29) is 5.75 Å². The third-order valence-electron chi connectivity index (χ3n) is 1.92. The van der Waals surface area contributed by atoms with Crippen molar-refractivity contribution in [2.75, 3.05) is 0 Å². The maximum atomic E-state index is 10.9. The van der Waals surface area contributed by atoms with E-state index in [1.165, 1.54) is 11.3 Å². The van der Waals surface area contributed by atoms with Gasteiger partial charge in [0.1, 0.15) is 10.8 Å². The highest BCUT2D eigenvalue weighted by atomic mass is 35.7. The summed E-state index contributed by atoms with van der Waals surface area (Å²) >= 11 is 1.30. The topological polar surface area (TPSA) is 47.0 Å². The summed E-state index contributed by atoms with van der Waals surface area (Å²) in [6.07, 6.45) is 0. The third-order valence-corrected chi connectivity index (χ3v) is 3.89. The lowest BCUT2D eigenvalue weighted by atomic mass is 10.2. The first-order chi connectivity index (χ1) is 7.54. The van der Waals surface area contributed by atoms with Crippen LogP contribution in [0.2, 0.25) is 0 Å². The summed E-state index contributed by atoms with van der Waals surface area (Å²) in [4.78, 5) is 4.22. The number of thiazole rings is 1. The lowest BCUT2D eigenvalue weighted by Gasteiger charge is -1.94. The molecule has 0 unspecified atom stereocenters. The van der Waals surface area contributed by atoms with Crippen LogP contribution in [0.25, 0.3) is 11.3 Å². The Balaban J connectivity index is 2.27. The van der Waals surface area contributed by atoms with Crippen molar-refractivity contribution in [3.8, 4) is 11.3 Å². The molecule has 84 valence electrons. The molecule has 0 aliphatic heterocycles. The van der Waals surface area contributed by atoms with Crippen LogP contribution in [0.15, 0.2) is 35.7 Å². The van der Waals surface area contributed by atoms with E-state index in [0.717, 1.165) is 11.3 Å². The van der Waals surface area contributed by atoms with E-state index in [4.69, 9.17) is 10.7 Å². The molecule has 0 fully saturated rings. The lowest BCUT2D eigenvalue weighted by Crippen LogP contribution is -1.93. The lowest BCUT2D eigenvalue weighted by molar-refractivity contribution is 0.609. The fourth-order valence-electron chi connectivity index (χ4n) is 1.27. The van der Waals surface area contributed by atoms with Crippen LogP contribution < -0.4 is 0 Å². The maximum absolute atomic E-state index is 10.9. The molecule has 0 aliphatic rings. The Morgan fingerprint density at radius 3 is 2.56 bits per heavy atom. The molecule has 0 radical (unpaired) electrons. The minimum absolute atomic E-state index is 0.216. The molecule has 0 amide bonds. The first-order valence-corrected chi connectivity index (χ1v) is 7.82. The van der Waals surface area contributed by atoms with Gasteiger partial charge in [0.25, 0.3) is 0 Å². The predicted octanol–water partition coefficient (Wildman–Crippen LogP) is 2.88. The van der Waals surface area contributed by atoms with Gasteiger partial charge >= 0.3 is 0 Å². The number of halogens is 1. The summed E-state index contributed by atoms with van der Waals surface area (Å²) < 4.78 is 21.8. The van der Waals surface area contributed by atoms with Gasteiger partial charge in [0.05, 0.1) is 5.69 Å². The van der Waals surface area contributed by atoms with Gasteiger partial charge in [-0.2, -0.15) is 0 Å². The van der Waals surface area contributed by atoms with Crippen LogP contribution in [0.5, 0.6) is 0 Å².